The predicted octanol–water partition coefficient (Wildman–Crippen LogP) is 2.77. The number of hydrogen-bond acceptors (Lipinski definition) is 7. The van der Waals surface area contributed by atoms with Crippen LogP contribution in [0, 0.1) is 0 Å². The Morgan fingerprint density at radius 1 is 1.14 bits per heavy atom. The lowest BCUT2D eigenvalue weighted by Gasteiger charge is -2.06. The topological polar surface area (TPSA) is 76.2 Å². The van der Waals surface area contributed by atoms with E-state index >= 15 is 0 Å². The quantitative estimate of drug-likeness (QED) is 0.512. The number of hydrogen-bond donors (Lipinski definition) is 1. The zero-order valence-electron chi connectivity index (χ0n) is 17.1. The standard InChI is InChI=1S/C21H27N5O2S/c1-25(2)14-18-4-5-19(28-18)15-29-9-7-22-21-23-12-17(13-24-21)10-16-6-8-26(3)20(27)11-16/h4-6,8,11-13H,7,9-10,14-15H2,1-3H3,(H,22,23,24). The summed E-state index contributed by atoms with van der Waals surface area (Å²) in [6, 6.07) is 7.67. The van der Waals surface area contributed by atoms with Crippen LogP contribution in [0.2, 0.25) is 0 Å². The average Bonchev–Trinajstić information content (AvgIpc) is 3.12. The Hall–Kier alpha value is -2.58. The van der Waals surface area contributed by atoms with Crippen LogP contribution in [-0.2, 0) is 25.8 Å². The Balaban J connectivity index is 1.38. The van der Waals surface area contributed by atoms with Crippen LogP contribution in [-0.4, -0.2) is 45.8 Å². The number of nitrogens with zero attached hydrogens (tertiary/aromatic N) is 4. The van der Waals surface area contributed by atoms with Gasteiger partial charge in [0.2, 0.25) is 5.95 Å². The van der Waals surface area contributed by atoms with Crippen molar-refractivity contribution in [2.45, 2.75) is 18.7 Å². The lowest BCUT2D eigenvalue weighted by Crippen LogP contribution is -2.15. The van der Waals surface area contributed by atoms with Crippen LogP contribution in [0.4, 0.5) is 5.95 Å². The van der Waals surface area contributed by atoms with Crippen molar-refractivity contribution in [1.82, 2.24) is 19.4 Å². The molecule has 3 heterocycles. The highest BCUT2D eigenvalue weighted by molar-refractivity contribution is 7.98. The number of aromatic nitrogens is 3. The lowest BCUT2D eigenvalue weighted by atomic mass is 10.1. The third-order valence-corrected chi connectivity index (χ3v) is 5.23. The molecule has 0 bridgehead atoms. The summed E-state index contributed by atoms with van der Waals surface area (Å²) in [5.74, 6) is 4.40. The predicted molar refractivity (Wildman–Crippen MR) is 117 cm³/mol. The van der Waals surface area contributed by atoms with Crippen molar-refractivity contribution in [2.24, 2.45) is 7.05 Å². The smallest absolute Gasteiger partial charge is 0.250 e. The molecule has 0 aliphatic rings. The number of thioether (sulfide) groups is 1. The van der Waals surface area contributed by atoms with E-state index in [-0.39, 0.29) is 5.56 Å². The van der Waals surface area contributed by atoms with Crippen LogP contribution < -0.4 is 10.9 Å². The first kappa shape index (κ1) is 21.1. The Kier molecular flexibility index (Phi) is 7.48. The fourth-order valence-corrected chi connectivity index (χ4v) is 3.52. The van der Waals surface area contributed by atoms with Gasteiger partial charge in [-0.25, -0.2) is 9.97 Å². The van der Waals surface area contributed by atoms with Crippen LogP contribution in [0.1, 0.15) is 22.6 Å². The first-order valence-electron chi connectivity index (χ1n) is 9.50. The van der Waals surface area contributed by atoms with Gasteiger partial charge < -0.3 is 19.2 Å². The van der Waals surface area contributed by atoms with Gasteiger partial charge in [0, 0.05) is 50.4 Å². The molecule has 0 atom stereocenters. The molecule has 0 unspecified atom stereocenters. The van der Waals surface area contributed by atoms with Crippen molar-refractivity contribution >= 4 is 17.7 Å². The summed E-state index contributed by atoms with van der Waals surface area (Å²) < 4.78 is 7.36. The zero-order valence-corrected chi connectivity index (χ0v) is 17.9. The van der Waals surface area contributed by atoms with E-state index in [1.165, 1.54) is 0 Å². The van der Waals surface area contributed by atoms with Crippen LogP contribution in [0.3, 0.4) is 0 Å². The summed E-state index contributed by atoms with van der Waals surface area (Å²) >= 11 is 1.81. The van der Waals surface area contributed by atoms with Gasteiger partial charge in [-0.2, -0.15) is 11.8 Å². The van der Waals surface area contributed by atoms with Crippen LogP contribution in [0.15, 0.2) is 52.1 Å². The third kappa shape index (κ3) is 6.76. The highest BCUT2D eigenvalue weighted by Crippen LogP contribution is 2.16. The van der Waals surface area contributed by atoms with E-state index in [2.05, 4.69) is 20.2 Å². The molecule has 3 aromatic heterocycles. The number of anilines is 1. The van der Waals surface area contributed by atoms with E-state index in [4.69, 9.17) is 4.42 Å². The van der Waals surface area contributed by atoms with Crippen molar-refractivity contribution in [3.8, 4) is 0 Å². The monoisotopic (exact) mass is 413 g/mol. The number of furan rings is 1. The Morgan fingerprint density at radius 2 is 1.90 bits per heavy atom. The molecule has 3 aromatic rings. The number of pyridine rings is 1. The van der Waals surface area contributed by atoms with E-state index < -0.39 is 0 Å². The van der Waals surface area contributed by atoms with Crippen molar-refractivity contribution in [1.29, 1.82) is 0 Å². The SMILES string of the molecule is CN(C)Cc1ccc(CSCCNc2ncc(Cc3ccn(C)c(=O)c3)cn2)o1. The molecule has 0 aromatic carbocycles. The Labute approximate surface area is 175 Å². The summed E-state index contributed by atoms with van der Waals surface area (Å²) in [4.78, 5) is 22.5. The molecule has 0 radical (unpaired) electrons. The molecule has 3 rings (SSSR count). The summed E-state index contributed by atoms with van der Waals surface area (Å²) in [5.41, 5.74) is 1.92. The highest BCUT2D eigenvalue weighted by atomic mass is 32.2. The van der Waals surface area contributed by atoms with Crippen molar-refractivity contribution < 1.29 is 4.42 Å². The van der Waals surface area contributed by atoms with Crippen LogP contribution >= 0.6 is 11.8 Å². The summed E-state index contributed by atoms with van der Waals surface area (Å²) in [5, 5.41) is 3.24. The number of rotatable bonds is 10. The fraction of sp³-hybridized carbons (Fsp3) is 0.381. The summed E-state index contributed by atoms with van der Waals surface area (Å²) in [6.07, 6.45) is 6.02. The molecule has 0 saturated heterocycles. The van der Waals surface area contributed by atoms with Crippen molar-refractivity contribution in [2.75, 3.05) is 31.7 Å². The molecule has 29 heavy (non-hydrogen) atoms. The largest absolute Gasteiger partial charge is 0.464 e. The average molecular weight is 414 g/mol. The van der Waals surface area contributed by atoms with Gasteiger partial charge in [0.05, 0.1) is 12.3 Å². The van der Waals surface area contributed by atoms with Crippen molar-refractivity contribution in [3.05, 3.63) is 75.9 Å². The van der Waals surface area contributed by atoms with Crippen LogP contribution in [0.25, 0.3) is 0 Å². The van der Waals surface area contributed by atoms with E-state index in [1.807, 2.05) is 44.1 Å². The summed E-state index contributed by atoms with van der Waals surface area (Å²) in [7, 11) is 5.80. The Morgan fingerprint density at radius 3 is 2.62 bits per heavy atom. The molecular weight excluding hydrogens is 386 g/mol. The molecule has 0 amide bonds. The lowest BCUT2D eigenvalue weighted by molar-refractivity contribution is 0.344. The second kappa shape index (κ2) is 10.3. The Bertz CT molecular complexity index is 966. The zero-order chi connectivity index (χ0) is 20.6. The number of nitrogens with one attached hydrogen (secondary N) is 1. The fourth-order valence-electron chi connectivity index (χ4n) is 2.78. The van der Waals surface area contributed by atoms with Gasteiger partial charge in [-0.1, -0.05) is 0 Å². The molecule has 0 spiro atoms. The van der Waals surface area contributed by atoms with E-state index in [0.717, 1.165) is 47.2 Å². The molecule has 154 valence electrons. The maximum Gasteiger partial charge on any atom is 0.250 e. The molecule has 7 nitrogen and oxygen atoms in total. The van der Waals surface area contributed by atoms with Gasteiger partial charge in [0.15, 0.2) is 0 Å². The maximum atomic E-state index is 11.7. The third-order valence-electron chi connectivity index (χ3n) is 4.25. The van der Waals surface area contributed by atoms with Gasteiger partial charge in [0.25, 0.3) is 5.56 Å². The molecule has 1 N–H and O–H groups in total. The van der Waals surface area contributed by atoms with Crippen LogP contribution in [0.5, 0.6) is 0 Å². The van der Waals surface area contributed by atoms with E-state index in [1.54, 1.807) is 36.3 Å². The number of aryl methyl sites for hydroxylation is 1. The van der Waals surface area contributed by atoms with Gasteiger partial charge in [-0.15, -0.1) is 0 Å². The molecule has 8 heteroatoms. The van der Waals surface area contributed by atoms with E-state index in [9.17, 15) is 4.79 Å². The second-order valence-electron chi connectivity index (χ2n) is 7.16. The minimum atomic E-state index is -0.0114. The first-order valence-corrected chi connectivity index (χ1v) is 10.7. The molecular formula is C21H27N5O2S. The minimum Gasteiger partial charge on any atom is -0.464 e. The normalized spacial score (nSPS) is 11.2. The molecule has 0 fully saturated rings. The summed E-state index contributed by atoms with van der Waals surface area (Å²) in [6.45, 7) is 1.60. The van der Waals surface area contributed by atoms with Gasteiger partial charge in [-0.05, 0) is 43.4 Å². The van der Waals surface area contributed by atoms with Gasteiger partial charge >= 0.3 is 0 Å². The maximum absolute atomic E-state index is 11.7. The minimum absolute atomic E-state index is 0.0114. The molecule has 0 saturated carbocycles. The van der Waals surface area contributed by atoms with Gasteiger partial charge in [-0.3, -0.25) is 4.79 Å². The van der Waals surface area contributed by atoms with Gasteiger partial charge in [0.1, 0.15) is 11.5 Å². The first-order chi connectivity index (χ1) is 14.0. The van der Waals surface area contributed by atoms with Crippen molar-refractivity contribution in [3.63, 3.8) is 0 Å². The highest BCUT2D eigenvalue weighted by Gasteiger charge is 2.04. The molecule has 0 aliphatic heterocycles. The second-order valence-corrected chi connectivity index (χ2v) is 8.27. The van der Waals surface area contributed by atoms with E-state index in [0.29, 0.717) is 12.4 Å². The molecule has 0 aliphatic carbocycles.